The van der Waals surface area contributed by atoms with E-state index in [1.807, 2.05) is 18.2 Å². The van der Waals surface area contributed by atoms with Gasteiger partial charge in [0.1, 0.15) is 5.82 Å². The first-order chi connectivity index (χ1) is 20.8. The molecule has 230 valence electrons. The highest BCUT2D eigenvalue weighted by Crippen LogP contribution is 2.29. The Kier molecular flexibility index (Phi) is 11.5. The molecule has 43 heavy (non-hydrogen) atoms. The number of ether oxygens (including phenoxy) is 2. The number of pyridine rings is 1. The van der Waals surface area contributed by atoms with E-state index in [2.05, 4.69) is 23.7 Å². The van der Waals surface area contributed by atoms with Crippen molar-refractivity contribution in [1.82, 2.24) is 14.8 Å². The van der Waals surface area contributed by atoms with Gasteiger partial charge in [-0.3, -0.25) is 14.6 Å². The third-order valence-corrected chi connectivity index (χ3v) is 7.66. The zero-order valence-corrected chi connectivity index (χ0v) is 25.7. The molecule has 9 heteroatoms. The predicted molar refractivity (Wildman–Crippen MR) is 166 cm³/mol. The fourth-order valence-corrected chi connectivity index (χ4v) is 5.61. The van der Waals surface area contributed by atoms with E-state index in [0.717, 1.165) is 38.0 Å². The largest absolute Gasteiger partial charge is 0.493 e. The molecular weight excluding hydrogens is 547 g/mol. The van der Waals surface area contributed by atoms with Crippen molar-refractivity contribution in [2.45, 2.75) is 46.1 Å². The maximum Gasteiger partial charge on any atom is 0.259 e. The molecule has 0 unspecified atom stereocenters. The summed E-state index contributed by atoms with van der Waals surface area (Å²) >= 11 is 0. The normalized spacial score (nSPS) is 14.9. The number of anilines is 1. The Labute approximate surface area is 254 Å². The number of halogens is 1. The van der Waals surface area contributed by atoms with Gasteiger partial charge in [-0.15, -0.1) is 0 Å². The van der Waals surface area contributed by atoms with Crippen LogP contribution in [-0.4, -0.2) is 73.5 Å². The Morgan fingerprint density at radius 3 is 2.42 bits per heavy atom. The molecule has 0 saturated heterocycles. The first-order valence-corrected chi connectivity index (χ1v) is 15.0. The molecule has 3 aromatic rings. The van der Waals surface area contributed by atoms with Gasteiger partial charge in [0.15, 0.2) is 11.5 Å². The number of benzene rings is 2. The van der Waals surface area contributed by atoms with Gasteiger partial charge in [0.05, 0.1) is 19.8 Å². The van der Waals surface area contributed by atoms with Gasteiger partial charge < -0.3 is 24.2 Å². The molecule has 2 heterocycles. The average Bonchev–Trinajstić information content (AvgIpc) is 3.00. The highest BCUT2D eigenvalue weighted by atomic mass is 19.1. The van der Waals surface area contributed by atoms with Crippen LogP contribution >= 0.6 is 0 Å². The molecule has 0 aliphatic carbocycles. The summed E-state index contributed by atoms with van der Waals surface area (Å²) in [5.41, 5.74) is 2.65. The van der Waals surface area contributed by atoms with Crippen molar-refractivity contribution in [2.24, 2.45) is 5.92 Å². The van der Waals surface area contributed by atoms with Crippen molar-refractivity contribution in [3.05, 3.63) is 83.4 Å². The maximum atomic E-state index is 14.7. The molecule has 0 fully saturated rings. The molecule has 1 aliphatic heterocycles. The van der Waals surface area contributed by atoms with Gasteiger partial charge in [-0.25, -0.2) is 4.39 Å². The van der Waals surface area contributed by atoms with Crippen LogP contribution in [0.2, 0.25) is 0 Å². The fourth-order valence-electron chi connectivity index (χ4n) is 5.61. The Hall–Kier alpha value is -3.98. The summed E-state index contributed by atoms with van der Waals surface area (Å²) in [4.78, 5) is 37.6. The minimum Gasteiger partial charge on any atom is -0.493 e. The van der Waals surface area contributed by atoms with Gasteiger partial charge in [-0.1, -0.05) is 19.9 Å². The molecule has 0 bridgehead atoms. The number of carbonyl (C=O) groups excluding carboxylic acids is 2. The molecular formula is C34H43FN4O4. The van der Waals surface area contributed by atoms with Crippen LogP contribution in [0, 0.1) is 11.7 Å². The number of methoxy groups -OCH3 is 2. The zero-order chi connectivity index (χ0) is 30.8. The molecule has 2 aromatic carbocycles. The second-order valence-electron chi connectivity index (χ2n) is 11.4. The fraction of sp³-hybridized carbons (Fsp3) is 0.441. The Morgan fingerprint density at radius 1 is 0.953 bits per heavy atom. The van der Waals surface area contributed by atoms with Crippen molar-refractivity contribution in [1.29, 1.82) is 0 Å². The lowest BCUT2D eigenvalue weighted by Crippen LogP contribution is -2.39. The van der Waals surface area contributed by atoms with E-state index >= 15 is 0 Å². The monoisotopic (exact) mass is 590 g/mol. The number of hydrogen-bond donors (Lipinski definition) is 0. The van der Waals surface area contributed by atoms with Gasteiger partial charge in [-0.2, -0.15) is 0 Å². The zero-order valence-electron chi connectivity index (χ0n) is 25.7. The van der Waals surface area contributed by atoms with Crippen LogP contribution in [-0.2, 0) is 17.8 Å². The van der Waals surface area contributed by atoms with Crippen LogP contribution < -0.4 is 14.4 Å². The van der Waals surface area contributed by atoms with E-state index in [4.69, 9.17) is 9.47 Å². The minimum atomic E-state index is -0.402. The Morgan fingerprint density at radius 2 is 1.72 bits per heavy atom. The van der Waals surface area contributed by atoms with Crippen LogP contribution in [0.15, 0.2) is 60.9 Å². The summed E-state index contributed by atoms with van der Waals surface area (Å²) in [5, 5.41) is 0. The summed E-state index contributed by atoms with van der Waals surface area (Å²) in [6, 6.07) is 13.6. The molecule has 8 nitrogen and oxygen atoms in total. The van der Waals surface area contributed by atoms with Crippen LogP contribution in [0.3, 0.4) is 0 Å². The summed E-state index contributed by atoms with van der Waals surface area (Å²) in [6.45, 7) is 8.19. The summed E-state index contributed by atoms with van der Waals surface area (Å²) in [5.74, 6) is 1.12. The van der Waals surface area contributed by atoms with Gasteiger partial charge in [0, 0.05) is 50.7 Å². The molecule has 0 radical (unpaired) electrons. The second kappa shape index (κ2) is 15.5. The summed E-state index contributed by atoms with van der Waals surface area (Å²) < 4.78 is 25.4. The number of aryl methyl sites for hydroxylation is 1. The highest BCUT2D eigenvalue weighted by Gasteiger charge is 2.25. The first-order valence-electron chi connectivity index (χ1n) is 15.0. The minimum absolute atomic E-state index is 0.0254. The Balaban J connectivity index is 1.63. The van der Waals surface area contributed by atoms with Crippen LogP contribution in [0.5, 0.6) is 11.5 Å². The SMILES string of the molecule is COc1ccc(CCC(=O)N2CCCN(CC(C)C)CCCN(C(=O)c3cccnc3)c3ccc(F)cc3C2)cc1OC. The number of nitrogens with zero attached hydrogens (tertiary/aromatic N) is 4. The van der Waals surface area contributed by atoms with Gasteiger partial charge in [-0.05, 0) is 91.9 Å². The van der Waals surface area contributed by atoms with E-state index < -0.39 is 5.82 Å². The van der Waals surface area contributed by atoms with E-state index in [1.165, 1.54) is 12.1 Å². The predicted octanol–water partition coefficient (Wildman–Crippen LogP) is 5.60. The van der Waals surface area contributed by atoms with Gasteiger partial charge in [0.25, 0.3) is 5.91 Å². The number of fused-ring (bicyclic) bond motifs is 1. The van der Waals surface area contributed by atoms with Crippen molar-refractivity contribution in [3.63, 3.8) is 0 Å². The molecule has 0 atom stereocenters. The number of amides is 2. The molecule has 0 spiro atoms. The number of hydrogen-bond acceptors (Lipinski definition) is 6. The van der Waals surface area contributed by atoms with E-state index in [1.54, 1.807) is 54.6 Å². The number of rotatable bonds is 8. The van der Waals surface area contributed by atoms with Crippen LogP contribution in [0.1, 0.15) is 54.6 Å². The standard InChI is InChI=1S/C34H43FN4O4/c1-25(2)23-37-16-6-18-38(33(40)14-10-26-9-13-31(42-3)32(20-26)43-4)24-28-21-29(35)11-12-30(28)39(19-7-17-37)34(41)27-8-5-15-36-22-27/h5,8-9,11-13,15,20-22,25H,6-7,10,14,16-19,23-24H2,1-4H3. The molecule has 0 N–H and O–H groups in total. The number of aromatic nitrogens is 1. The lowest BCUT2D eigenvalue weighted by Gasteiger charge is -2.32. The third kappa shape index (κ3) is 8.76. The lowest BCUT2D eigenvalue weighted by molar-refractivity contribution is -0.131. The average molecular weight is 591 g/mol. The number of carbonyl (C=O) groups is 2. The van der Waals surface area contributed by atoms with E-state index in [-0.39, 0.29) is 24.8 Å². The second-order valence-corrected chi connectivity index (χ2v) is 11.4. The van der Waals surface area contributed by atoms with Crippen LogP contribution in [0.4, 0.5) is 10.1 Å². The van der Waals surface area contributed by atoms with Gasteiger partial charge >= 0.3 is 0 Å². The smallest absolute Gasteiger partial charge is 0.259 e. The van der Waals surface area contributed by atoms with Gasteiger partial charge in [0.2, 0.25) is 5.91 Å². The topological polar surface area (TPSA) is 75.2 Å². The van der Waals surface area contributed by atoms with Crippen LogP contribution in [0.25, 0.3) is 0 Å². The third-order valence-electron chi connectivity index (χ3n) is 7.66. The first kappa shape index (κ1) is 31.9. The summed E-state index contributed by atoms with van der Waals surface area (Å²) in [6.07, 6.45) is 5.56. The summed E-state index contributed by atoms with van der Waals surface area (Å²) in [7, 11) is 3.18. The molecule has 0 saturated carbocycles. The maximum absolute atomic E-state index is 14.7. The van der Waals surface area contributed by atoms with E-state index in [0.29, 0.717) is 53.7 Å². The van der Waals surface area contributed by atoms with Crippen molar-refractivity contribution in [3.8, 4) is 11.5 Å². The highest BCUT2D eigenvalue weighted by molar-refractivity contribution is 6.06. The quantitative estimate of drug-likeness (QED) is 0.340. The Bertz CT molecular complexity index is 1370. The molecule has 1 aliphatic rings. The molecule has 2 amide bonds. The lowest BCUT2D eigenvalue weighted by atomic mass is 10.1. The van der Waals surface area contributed by atoms with Crippen molar-refractivity contribution >= 4 is 17.5 Å². The van der Waals surface area contributed by atoms with Crippen molar-refractivity contribution < 1.29 is 23.5 Å². The van der Waals surface area contributed by atoms with Crippen molar-refractivity contribution in [2.75, 3.05) is 51.8 Å². The molecule has 4 rings (SSSR count). The van der Waals surface area contributed by atoms with E-state index in [9.17, 15) is 14.0 Å². The molecule has 1 aromatic heterocycles.